The third-order valence-electron chi connectivity index (χ3n) is 3.05. The fourth-order valence-corrected chi connectivity index (χ4v) is 2.90. The number of hydrogen-bond donors (Lipinski definition) is 1. The molecule has 23 heavy (non-hydrogen) atoms. The molecule has 0 amide bonds. The summed E-state index contributed by atoms with van der Waals surface area (Å²) in [4.78, 5) is 0. The van der Waals surface area contributed by atoms with Crippen LogP contribution >= 0.6 is 28.1 Å². The molecule has 2 aromatic rings. The number of benzene rings is 1. The van der Waals surface area contributed by atoms with Gasteiger partial charge in [0.1, 0.15) is 0 Å². The van der Waals surface area contributed by atoms with Crippen molar-refractivity contribution in [3.05, 3.63) is 32.8 Å². The average Bonchev–Trinajstić information content (AvgIpc) is 2.86. The van der Waals surface area contributed by atoms with E-state index < -0.39 is 0 Å². The largest absolute Gasteiger partial charge is 0.492 e. The van der Waals surface area contributed by atoms with Crippen LogP contribution in [0, 0.1) is 4.77 Å². The van der Waals surface area contributed by atoms with Crippen LogP contribution in [-0.2, 0) is 6.42 Å². The molecule has 0 saturated carbocycles. The molecule has 124 valence electrons. The molecule has 1 aromatic carbocycles. The van der Waals surface area contributed by atoms with Crippen molar-refractivity contribution in [1.29, 1.82) is 0 Å². The predicted molar refractivity (Wildman–Crippen MR) is 96.3 cm³/mol. The van der Waals surface area contributed by atoms with Gasteiger partial charge < -0.3 is 9.47 Å². The van der Waals surface area contributed by atoms with Crippen molar-refractivity contribution in [2.45, 2.75) is 26.7 Å². The zero-order valence-electron chi connectivity index (χ0n) is 13.3. The Bertz CT molecular complexity index is 754. The highest BCUT2D eigenvalue weighted by Gasteiger charge is 2.10. The maximum atomic E-state index is 5.61. The smallest absolute Gasteiger partial charge is 0.216 e. The van der Waals surface area contributed by atoms with Crippen molar-refractivity contribution in [1.82, 2.24) is 14.9 Å². The zero-order valence-corrected chi connectivity index (χ0v) is 15.7. The maximum absolute atomic E-state index is 5.61. The van der Waals surface area contributed by atoms with E-state index in [1.54, 1.807) is 18.0 Å². The molecule has 8 heteroatoms. The number of aromatic amines is 1. The molecule has 0 saturated heterocycles. The lowest BCUT2D eigenvalue weighted by molar-refractivity contribution is 0.310. The van der Waals surface area contributed by atoms with Crippen LogP contribution in [0.25, 0.3) is 0 Å². The summed E-state index contributed by atoms with van der Waals surface area (Å²) in [6.45, 7) is 4.56. The fraction of sp³-hybridized carbons (Fsp3) is 0.400. The lowest BCUT2D eigenvalue weighted by Gasteiger charge is -2.11. The second-order valence-corrected chi connectivity index (χ2v) is 5.96. The Labute approximate surface area is 148 Å². The lowest BCUT2D eigenvalue weighted by Crippen LogP contribution is -2.00. The second-order valence-electron chi connectivity index (χ2n) is 4.72. The molecule has 1 N–H and O–H groups in total. The predicted octanol–water partition coefficient (Wildman–Crippen LogP) is 3.95. The van der Waals surface area contributed by atoms with Crippen molar-refractivity contribution < 1.29 is 9.47 Å². The third-order valence-corrected chi connectivity index (χ3v) is 3.90. The first-order chi connectivity index (χ1) is 11.1. The number of H-pyrrole nitrogens is 1. The highest BCUT2D eigenvalue weighted by molar-refractivity contribution is 9.10. The Morgan fingerprint density at radius 1 is 1.43 bits per heavy atom. The van der Waals surface area contributed by atoms with Gasteiger partial charge in [-0.1, -0.05) is 6.92 Å². The first kappa shape index (κ1) is 17.7. The Balaban J connectivity index is 2.36. The SMILES string of the molecule is CCCc1n[nH]c(=S)n1/N=C\c1cc(Br)c(OC)c(OCC)c1. The van der Waals surface area contributed by atoms with Gasteiger partial charge in [0.15, 0.2) is 17.3 Å². The number of halogens is 1. The van der Waals surface area contributed by atoms with E-state index in [1.807, 2.05) is 19.1 Å². The minimum atomic E-state index is 0.474. The van der Waals surface area contributed by atoms with Gasteiger partial charge in [-0.25, -0.2) is 0 Å². The van der Waals surface area contributed by atoms with Gasteiger partial charge in [0.25, 0.3) is 0 Å². The molecule has 2 rings (SSSR count). The topological polar surface area (TPSA) is 64.4 Å². The molecule has 1 heterocycles. The minimum Gasteiger partial charge on any atom is -0.492 e. The van der Waals surface area contributed by atoms with Crippen LogP contribution < -0.4 is 9.47 Å². The van der Waals surface area contributed by atoms with Crippen LogP contribution in [0.4, 0.5) is 0 Å². The number of methoxy groups -OCH3 is 1. The van der Waals surface area contributed by atoms with Crippen LogP contribution in [0.5, 0.6) is 11.5 Å². The van der Waals surface area contributed by atoms with Gasteiger partial charge in [-0.05, 0) is 59.2 Å². The fourth-order valence-electron chi connectivity index (χ4n) is 2.08. The van der Waals surface area contributed by atoms with Crippen LogP contribution in [0.15, 0.2) is 21.7 Å². The van der Waals surface area contributed by atoms with Crippen molar-refractivity contribution in [2.24, 2.45) is 5.10 Å². The summed E-state index contributed by atoms with van der Waals surface area (Å²) in [5, 5.41) is 11.4. The summed E-state index contributed by atoms with van der Waals surface area (Å²) in [6, 6.07) is 3.79. The van der Waals surface area contributed by atoms with Crippen molar-refractivity contribution in [3.63, 3.8) is 0 Å². The molecule has 0 fully saturated rings. The monoisotopic (exact) mass is 398 g/mol. The molecule has 0 spiro atoms. The quantitative estimate of drug-likeness (QED) is 0.566. The average molecular weight is 399 g/mol. The Kier molecular flexibility index (Phi) is 6.35. The lowest BCUT2D eigenvalue weighted by atomic mass is 10.2. The van der Waals surface area contributed by atoms with Crippen LogP contribution in [0.1, 0.15) is 31.7 Å². The Morgan fingerprint density at radius 3 is 2.87 bits per heavy atom. The normalized spacial score (nSPS) is 11.1. The molecule has 1 aromatic heterocycles. The van der Waals surface area contributed by atoms with Crippen LogP contribution in [0.3, 0.4) is 0 Å². The van der Waals surface area contributed by atoms with Gasteiger partial charge in [0, 0.05) is 6.42 Å². The summed E-state index contributed by atoms with van der Waals surface area (Å²) in [5.74, 6) is 2.14. The number of aryl methyl sites for hydroxylation is 1. The van der Waals surface area contributed by atoms with Crippen molar-refractivity contribution in [3.8, 4) is 11.5 Å². The Hall–Kier alpha value is -1.67. The second kappa shape index (κ2) is 8.26. The van der Waals surface area contributed by atoms with Crippen molar-refractivity contribution >= 4 is 34.4 Å². The van der Waals surface area contributed by atoms with Gasteiger partial charge in [0.2, 0.25) is 4.77 Å². The summed E-state index contributed by atoms with van der Waals surface area (Å²) >= 11 is 8.70. The van der Waals surface area contributed by atoms with Crippen LogP contribution in [0.2, 0.25) is 0 Å². The zero-order chi connectivity index (χ0) is 16.8. The highest BCUT2D eigenvalue weighted by Crippen LogP contribution is 2.36. The standard InChI is InChI=1S/C15H19BrN4O2S/c1-4-6-13-18-19-15(23)20(13)17-9-10-7-11(16)14(21-3)12(8-10)22-5-2/h7-9H,4-6H2,1-3H3,(H,19,23)/b17-9-. The van der Waals surface area contributed by atoms with E-state index in [0.29, 0.717) is 22.9 Å². The van der Waals surface area contributed by atoms with Gasteiger partial charge in [0.05, 0.1) is 24.4 Å². The van der Waals surface area contributed by atoms with Gasteiger partial charge in [-0.3, -0.25) is 5.10 Å². The molecule has 0 bridgehead atoms. The minimum absolute atomic E-state index is 0.474. The van der Waals surface area contributed by atoms with Crippen LogP contribution in [-0.4, -0.2) is 34.8 Å². The first-order valence-corrected chi connectivity index (χ1v) is 8.51. The van der Waals surface area contributed by atoms with Gasteiger partial charge in [-0.15, -0.1) is 0 Å². The molecule has 0 unspecified atom stereocenters. The van der Waals surface area contributed by atoms with Gasteiger partial charge in [-0.2, -0.15) is 14.9 Å². The van der Waals surface area contributed by atoms with E-state index in [9.17, 15) is 0 Å². The number of nitrogens with one attached hydrogen (secondary N) is 1. The molecular weight excluding hydrogens is 380 g/mol. The molecule has 0 aliphatic heterocycles. The van der Waals surface area contributed by atoms with Crippen molar-refractivity contribution in [2.75, 3.05) is 13.7 Å². The van der Waals surface area contributed by atoms with E-state index in [1.165, 1.54) is 0 Å². The van der Waals surface area contributed by atoms with E-state index >= 15 is 0 Å². The molecule has 6 nitrogen and oxygen atoms in total. The number of aromatic nitrogens is 3. The van der Waals surface area contributed by atoms with Gasteiger partial charge >= 0.3 is 0 Å². The molecule has 0 atom stereocenters. The summed E-state index contributed by atoms with van der Waals surface area (Å²) in [5.41, 5.74) is 0.867. The highest BCUT2D eigenvalue weighted by atomic mass is 79.9. The maximum Gasteiger partial charge on any atom is 0.216 e. The summed E-state index contributed by atoms with van der Waals surface area (Å²) in [6.07, 6.45) is 3.50. The molecular formula is C15H19BrN4O2S. The Morgan fingerprint density at radius 2 is 2.22 bits per heavy atom. The molecule has 0 radical (unpaired) electrons. The number of nitrogens with zero attached hydrogens (tertiary/aromatic N) is 3. The third kappa shape index (κ3) is 4.20. The molecule has 0 aliphatic rings. The number of hydrogen-bond acceptors (Lipinski definition) is 5. The summed E-state index contributed by atoms with van der Waals surface area (Å²) in [7, 11) is 1.61. The number of ether oxygens (including phenoxy) is 2. The van der Waals surface area contributed by atoms with E-state index in [4.69, 9.17) is 21.7 Å². The van der Waals surface area contributed by atoms with E-state index in [2.05, 4.69) is 38.2 Å². The van der Waals surface area contributed by atoms with E-state index in [-0.39, 0.29) is 0 Å². The number of rotatable bonds is 7. The first-order valence-electron chi connectivity index (χ1n) is 7.31. The van der Waals surface area contributed by atoms with E-state index in [0.717, 1.165) is 28.7 Å². The molecule has 0 aliphatic carbocycles. The summed E-state index contributed by atoms with van der Waals surface area (Å²) < 4.78 is 13.9.